The highest BCUT2D eigenvalue weighted by Crippen LogP contribution is 2.31. The number of halogens is 1. The Hall–Kier alpha value is -1.58. The molecule has 3 nitrogen and oxygen atoms in total. The first kappa shape index (κ1) is 15.8. The third kappa shape index (κ3) is 3.36. The van der Waals surface area contributed by atoms with Crippen molar-refractivity contribution in [2.24, 2.45) is 0 Å². The van der Waals surface area contributed by atoms with E-state index in [2.05, 4.69) is 4.98 Å². The lowest BCUT2D eigenvalue weighted by Gasteiger charge is -2.25. The lowest BCUT2D eigenvalue weighted by atomic mass is 9.89. The van der Waals surface area contributed by atoms with Gasteiger partial charge in [0.05, 0.1) is 18.4 Å². The highest BCUT2D eigenvalue weighted by molar-refractivity contribution is 6.30. The van der Waals surface area contributed by atoms with Crippen molar-refractivity contribution in [2.45, 2.75) is 32.8 Å². The van der Waals surface area contributed by atoms with Crippen molar-refractivity contribution in [3.8, 4) is 5.75 Å². The lowest BCUT2D eigenvalue weighted by Crippen LogP contribution is -2.25. The average molecular weight is 306 g/mol. The van der Waals surface area contributed by atoms with Crippen LogP contribution in [-0.4, -0.2) is 17.2 Å². The number of nitrogens with zero attached hydrogens (tertiary/aromatic N) is 1. The number of pyridine rings is 1. The number of aliphatic hydroxyl groups is 1. The first-order chi connectivity index (χ1) is 9.85. The first-order valence-electron chi connectivity index (χ1n) is 6.82. The first-order valence-corrected chi connectivity index (χ1v) is 7.20. The molecule has 0 saturated carbocycles. The Bertz CT molecular complexity index is 653. The summed E-state index contributed by atoms with van der Waals surface area (Å²) in [5.41, 5.74) is 2.50. The fraction of sp³-hybridized carbons (Fsp3) is 0.353. The average Bonchev–Trinajstić information content (AvgIpc) is 2.43. The quantitative estimate of drug-likeness (QED) is 0.934. The largest absolute Gasteiger partial charge is 0.496 e. The Morgan fingerprint density at radius 2 is 2.05 bits per heavy atom. The second-order valence-corrected chi connectivity index (χ2v) is 5.94. The molecule has 2 rings (SSSR count). The van der Waals surface area contributed by atoms with Crippen LogP contribution in [0.5, 0.6) is 5.75 Å². The number of rotatable bonds is 4. The van der Waals surface area contributed by atoms with Crippen LogP contribution in [0.2, 0.25) is 5.02 Å². The molecule has 1 aromatic heterocycles. The summed E-state index contributed by atoms with van der Waals surface area (Å²) >= 11 is 6.01. The summed E-state index contributed by atoms with van der Waals surface area (Å²) < 4.78 is 5.41. The third-order valence-electron chi connectivity index (χ3n) is 3.71. The fourth-order valence-electron chi connectivity index (χ4n) is 2.50. The van der Waals surface area contributed by atoms with E-state index in [0.29, 0.717) is 11.4 Å². The third-order valence-corrected chi connectivity index (χ3v) is 3.94. The van der Waals surface area contributed by atoms with E-state index in [9.17, 15) is 5.11 Å². The summed E-state index contributed by atoms with van der Waals surface area (Å²) in [5.74, 6) is 0.821. The van der Waals surface area contributed by atoms with E-state index < -0.39 is 5.60 Å². The van der Waals surface area contributed by atoms with E-state index in [0.717, 1.165) is 28.1 Å². The molecule has 4 heteroatoms. The number of hydrogen-bond donors (Lipinski definition) is 1. The van der Waals surface area contributed by atoms with Gasteiger partial charge in [0, 0.05) is 28.8 Å². The molecule has 1 heterocycles. The Labute approximate surface area is 130 Å². The van der Waals surface area contributed by atoms with Crippen molar-refractivity contribution >= 4 is 11.6 Å². The molecule has 0 saturated heterocycles. The van der Waals surface area contributed by atoms with Crippen molar-refractivity contribution in [1.29, 1.82) is 0 Å². The minimum Gasteiger partial charge on any atom is -0.496 e. The molecule has 0 aliphatic carbocycles. The molecule has 112 valence electrons. The van der Waals surface area contributed by atoms with Crippen LogP contribution in [0.1, 0.15) is 29.3 Å². The van der Waals surface area contributed by atoms with Gasteiger partial charge < -0.3 is 9.84 Å². The van der Waals surface area contributed by atoms with Crippen LogP contribution in [0.4, 0.5) is 0 Å². The highest BCUT2D eigenvalue weighted by Gasteiger charge is 2.26. The zero-order chi connectivity index (χ0) is 15.6. The molecule has 1 N–H and O–H groups in total. The van der Waals surface area contributed by atoms with Gasteiger partial charge in [-0.2, -0.15) is 0 Å². The molecule has 1 unspecified atom stereocenters. The normalized spacial score (nSPS) is 13.8. The zero-order valence-corrected chi connectivity index (χ0v) is 13.5. The van der Waals surface area contributed by atoms with Gasteiger partial charge in [-0.05, 0) is 38.5 Å². The van der Waals surface area contributed by atoms with E-state index in [1.165, 1.54) is 0 Å². The molecular formula is C17H20ClNO2. The van der Waals surface area contributed by atoms with Crippen molar-refractivity contribution in [2.75, 3.05) is 7.11 Å². The van der Waals surface area contributed by atoms with E-state index in [4.69, 9.17) is 16.3 Å². The minimum absolute atomic E-state index is 0.399. The number of methoxy groups -OCH3 is 1. The van der Waals surface area contributed by atoms with Crippen LogP contribution in [0.15, 0.2) is 30.5 Å². The van der Waals surface area contributed by atoms with Gasteiger partial charge in [-0.3, -0.25) is 4.98 Å². The molecule has 0 amide bonds. The molecule has 0 aliphatic rings. The van der Waals surface area contributed by atoms with Gasteiger partial charge in [0.1, 0.15) is 5.75 Å². The van der Waals surface area contributed by atoms with Gasteiger partial charge in [0.25, 0.3) is 0 Å². The number of aromatic nitrogens is 1. The predicted octanol–water partition coefficient (Wildman–Crippen LogP) is 3.81. The second-order valence-electron chi connectivity index (χ2n) is 5.51. The maximum Gasteiger partial charge on any atom is 0.128 e. The standard InChI is InChI=1S/C17H20ClNO2/c1-11-10-19-15(12(2)16(11)21-4)9-17(3,20)13-6-5-7-14(18)8-13/h5-8,10,20H,9H2,1-4H3. The van der Waals surface area contributed by atoms with E-state index >= 15 is 0 Å². The molecule has 0 spiro atoms. The van der Waals surface area contributed by atoms with Crippen LogP contribution in [0.3, 0.4) is 0 Å². The monoisotopic (exact) mass is 305 g/mol. The van der Waals surface area contributed by atoms with Crippen LogP contribution in [0, 0.1) is 13.8 Å². The fourth-order valence-corrected chi connectivity index (χ4v) is 2.69. The summed E-state index contributed by atoms with van der Waals surface area (Å²) in [4.78, 5) is 4.45. The maximum absolute atomic E-state index is 10.8. The topological polar surface area (TPSA) is 42.4 Å². The molecule has 1 atom stereocenters. The number of aryl methyl sites for hydroxylation is 1. The van der Waals surface area contributed by atoms with E-state index in [1.807, 2.05) is 26.0 Å². The van der Waals surface area contributed by atoms with Crippen LogP contribution in [0.25, 0.3) is 0 Å². The Morgan fingerprint density at radius 3 is 2.67 bits per heavy atom. The van der Waals surface area contributed by atoms with Gasteiger partial charge in [0.2, 0.25) is 0 Å². The summed E-state index contributed by atoms with van der Waals surface area (Å²) in [6.07, 6.45) is 2.17. The minimum atomic E-state index is -1.04. The highest BCUT2D eigenvalue weighted by atomic mass is 35.5. The van der Waals surface area contributed by atoms with Crippen LogP contribution >= 0.6 is 11.6 Å². The van der Waals surface area contributed by atoms with Crippen LogP contribution in [-0.2, 0) is 12.0 Å². The smallest absolute Gasteiger partial charge is 0.128 e. The number of benzene rings is 1. The van der Waals surface area contributed by atoms with Gasteiger partial charge >= 0.3 is 0 Å². The Kier molecular flexibility index (Phi) is 4.55. The molecule has 0 aliphatic heterocycles. The van der Waals surface area contributed by atoms with Crippen LogP contribution < -0.4 is 4.74 Å². The molecule has 2 aromatic rings. The SMILES string of the molecule is COc1c(C)cnc(CC(C)(O)c2cccc(Cl)c2)c1C. The van der Waals surface area contributed by atoms with Crippen molar-refractivity contribution < 1.29 is 9.84 Å². The Balaban J connectivity index is 2.37. The predicted molar refractivity (Wildman–Crippen MR) is 85.0 cm³/mol. The molecule has 21 heavy (non-hydrogen) atoms. The van der Waals surface area contributed by atoms with Crippen molar-refractivity contribution in [1.82, 2.24) is 4.98 Å². The van der Waals surface area contributed by atoms with Gasteiger partial charge in [-0.15, -0.1) is 0 Å². The van der Waals surface area contributed by atoms with Gasteiger partial charge in [0.15, 0.2) is 0 Å². The summed E-state index contributed by atoms with van der Waals surface area (Å²) in [6.45, 7) is 5.69. The molecular weight excluding hydrogens is 286 g/mol. The molecule has 0 radical (unpaired) electrons. The molecule has 0 fully saturated rings. The van der Waals surface area contributed by atoms with E-state index in [-0.39, 0.29) is 0 Å². The number of hydrogen-bond acceptors (Lipinski definition) is 3. The summed E-state index contributed by atoms with van der Waals surface area (Å²) in [7, 11) is 1.65. The van der Waals surface area contributed by atoms with E-state index in [1.54, 1.807) is 32.4 Å². The molecule has 1 aromatic carbocycles. The zero-order valence-electron chi connectivity index (χ0n) is 12.8. The van der Waals surface area contributed by atoms with Crippen molar-refractivity contribution in [3.63, 3.8) is 0 Å². The lowest BCUT2D eigenvalue weighted by molar-refractivity contribution is 0.0563. The number of ether oxygens (including phenoxy) is 1. The molecule has 0 bridgehead atoms. The maximum atomic E-state index is 10.8. The van der Waals surface area contributed by atoms with Crippen molar-refractivity contribution in [3.05, 3.63) is 57.9 Å². The van der Waals surface area contributed by atoms with Gasteiger partial charge in [-0.25, -0.2) is 0 Å². The second kappa shape index (κ2) is 6.04. The Morgan fingerprint density at radius 1 is 1.33 bits per heavy atom. The summed E-state index contributed by atoms with van der Waals surface area (Å²) in [6, 6.07) is 7.27. The van der Waals surface area contributed by atoms with Gasteiger partial charge in [-0.1, -0.05) is 23.7 Å². The summed E-state index contributed by atoms with van der Waals surface area (Å²) in [5, 5.41) is 11.4.